The van der Waals surface area contributed by atoms with Gasteiger partial charge in [0.15, 0.2) is 5.78 Å². The summed E-state index contributed by atoms with van der Waals surface area (Å²) < 4.78 is 0. The summed E-state index contributed by atoms with van der Waals surface area (Å²) >= 11 is 0. The summed E-state index contributed by atoms with van der Waals surface area (Å²) in [5, 5.41) is 5.84. The Hall–Kier alpha value is -3.54. The van der Waals surface area contributed by atoms with E-state index in [-0.39, 0.29) is 11.7 Å². The Morgan fingerprint density at radius 2 is 1.58 bits per heavy atom. The van der Waals surface area contributed by atoms with E-state index in [1.54, 1.807) is 24.3 Å². The summed E-state index contributed by atoms with van der Waals surface area (Å²) in [5.74, 6) is 0.0774. The first-order valence-corrected chi connectivity index (χ1v) is 8.09. The van der Waals surface area contributed by atoms with E-state index < -0.39 is 0 Å². The molecule has 0 unspecified atom stereocenters. The molecule has 0 aliphatic rings. The summed E-state index contributed by atoms with van der Waals surface area (Å²) in [6.45, 7) is 3.50. The van der Waals surface area contributed by atoms with Crippen molar-refractivity contribution >= 4 is 29.0 Å². The summed E-state index contributed by atoms with van der Waals surface area (Å²) in [7, 11) is 0. The molecule has 6 heteroatoms. The topological polar surface area (TPSA) is 84.0 Å². The molecule has 0 bridgehead atoms. The van der Waals surface area contributed by atoms with Crippen molar-refractivity contribution in [1.82, 2.24) is 9.97 Å². The summed E-state index contributed by atoms with van der Waals surface area (Å²) in [6, 6.07) is 14.6. The Morgan fingerprint density at radius 3 is 2.19 bits per heavy atom. The van der Waals surface area contributed by atoms with Crippen LogP contribution in [0.25, 0.3) is 0 Å². The minimum absolute atomic E-state index is 0.0204. The summed E-state index contributed by atoms with van der Waals surface area (Å²) in [5.41, 5.74) is 3.55. The van der Waals surface area contributed by atoms with E-state index >= 15 is 0 Å². The third kappa shape index (κ3) is 4.30. The van der Waals surface area contributed by atoms with Crippen LogP contribution in [0.1, 0.15) is 33.2 Å². The molecule has 0 spiro atoms. The highest BCUT2D eigenvalue weighted by molar-refractivity contribution is 6.04. The van der Waals surface area contributed by atoms with Gasteiger partial charge in [-0.15, -0.1) is 0 Å². The average Bonchev–Trinajstić information content (AvgIpc) is 2.63. The van der Waals surface area contributed by atoms with Crippen LogP contribution in [0.5, 0.6) is 0 Å². The van der Waals surface area contributed by atoms with E-state index in [4.69, 9.17) is 0 Å². The van der Waals surface area contributed by atoms with Crippen molar-refractivity contribution in [3.63, 3.8) is 0 Å². The number of rotatable bonds is 5. The zero-order valence-electron chi connectivity index (χ0n) is 14.5. The number of aromatic nitrogens is 2. The number of hydrogen-bond donors (Lipinski definition) is 2. The van der Waals surface area contributed by atoms with Crippen LogP contribution in [0, 0.1) is 6.92 Å². The molecule has 1 amide bonds. The quantitative estimate of drug-likeness (QED) is 0.683. The van der Waals surface area contributed by atoms with Crippen LogP contribution in [0.15, 0.2) is 60.9 Å². The van der Waals surface area contributed by atoms with Gasteiger partial charge in [-0.3, -0.25) is 9.59 Å². The lowest BCUT2D eigenvalue weighted by atomic mass is 10.1. The highest BCUT2D eigenvalue weighted by atomic mass is 16.1. The molecular weight excluding hydrogens is 328 g/mol. The van der Waals surface area contributed by atoms with Crippen LogP contribution in [-0.2, 0) is 0 Å². The molecule has 0 saturated carbocycles. The van der Waals surface area contributed by atoms with Crippen molar-refractivity contribution in [3.05, 3.63) is 77.6 Å². The molecule has 0 aliphatic heterocycles. The Labute approximate surface area is 151 Å². The summed E-state index contributed by atoms with van der Waals surface area (Å²) in [6.07, 6.45) is 2.93. The van der Waals surface area contributed by atoms with Crippen molar-refractivity contribution in [2.75, 3.05) is 10.6 Å². The van der Waals surface area contributed by atoms with Crippen LogP contribution >= 0.6 is 0 Å². The van der Waals surface area contributed by atoms with E-state index in [0.29, 0.717) is 22.8 Å². The lowest BCUT2D eigenvalue weighted by Gasteiger charge is -2.07. The van der Waals surface area contributed by atoms with Crippen LogP contribution in [0.2, 0.25) is 0 Å². The lowest BCUT2D eigenvalue weighted by Crippen LogP contribution is -2.13. The number of carbonyl (C=O) groups is 2. The molecule has 26 heavy (non-hydrogen) atoms. The largest absolute Gasteiger partial charge is 0.324 e. The van der Waals surface area contributed by atoms with Gasteiger partial charge >= 0.3 is 0 Å². The molecule has 0 fully saturated rings. The van der Waals surface area contributed by atoms with Gasteiger partial charge in [0, 0.05) is 29.3 Å². The van der Waals surface area contributed by atoms with E-state index in [2.05, 4.69) is 20.6 Å². The van der Waals surface area contributed by atoms with Gasteiger partial charge < -0.3 is 10.6 Å². The average molecular weight is 346 g/mol. The number of carbonyl (C=O) groups excluding carboxylic acids is 2. The predicted molar refractivity (Wildman–Crippen MR) is 101 cm³/mol. The lowest BCUT2D eigenvalue weighted by molar-refractivity contribution is 0.101. The van der Waals surface area contributed by atoms with Crippen LogP contribution in [-0.4, -0.2) is 21.7 Å². The molecule has 1 aromatic heterocycles. The maximum absolute atomic E-state index is 12.3. The smallest absolute Gasteiger partial charge is 0.258 e. The maximum atomic E-state index is 12.3. The minimum atomic E-state index is -0.317. The van der Waals surface area contributed by atoms with Gasteiger partial charge in [-0.25, -0.2) is 9.97 Å². The predicted octanol–water partition coefficient (Wildman–Crippen LogP) is 3.98. The molecule has 2 N–H and O–H groups in total. The molecule has 0 radical (unpaired) electrons. The van der Waals surface area contributed by atoms with Gasteiger partial charge in [-0.2, -0.15) is 0 Å². The van der Waals surface area contributed by atoms with Crippen LogP contribution in [0.3, 0.4) is 0 Å². The number of aryl methyl sites for hydroxylation is 1. The normalized spacial score (nSPS) is 10.2. The van der Waals surface area contributed by atoms with Gasteiger partial charge in [-0.1, -0.05) is 12.1 Å². The number of hydrogen-bond acceptors (Lipinski definition) is 5. The zero-order valence-corrected chi connectivity index (χ0v) is 14.5. The Morgan fingerprint density at radius 1 is 0.885 bits per heavy atom. The highest BCUT2D eigenvalue weighted by Gasteiger charge is 2.08. The maximum Gasteiger partial charge on any atom is 0.258 e. The van der Waals surface area contributed by atoms with Gasteiger partial charge in [-0.05, 0) is 55.8 Å². The fourth-order valence-electron chi connectivity index (χ4n) is 2.35. The van der Waals surface area contributed by atoms with Crippen molar-refractivity contribution in [2.24, 2.45) is 0 Å². The van der Waals surface area contributed by atoms with Crippen LogP contribution in [0.4, 0.5) is 17.3 Å². The second-order valence-electron chi connectivity index (χ2n) is 5.88. The number of ketones is 1. The number of Topliss-reactive ketones (excluding diaryl/α,β-unsaturated/α-hetero) is 1. The Kier molecular flexibility index (Phi) is 5.03. The molecule has 3 aromatic rings. The summed E-state index contributed by atoms with van der Waals surface area (Å²) in [4.78, 5) is 31.9. The van der Waals surface area contributed by atoms with E-state index in [0.717, 1.165) is 11.3 Å². The molecule has 3 rings (SSSR count). The second-order valence-corrected chi connectivity index (χ2v) is 5.88. The Balaban J connectivity index is 1.65. The number of nitrogens with zero attached hydrogens (tertiary/aromatic N) is 2. The number of amides is 1. The minimum Gasteiger partial charge on any atom is -0.324 e. The Bertz CT molecular complexity index is 935. The fourth-order valence-corrected chi connectivity index (χ4v) is 2.35. The van der Waals surface area contributed by atoms with E-state index in [1.165, 1.54) is 19.3 Å². The molecule has 6 nitrogen and oxygen atoms in total. The first kappa shape index (κ1) is 17.3. The first-order valence-electron chi connectivity index (χ1n) is 8.09. The van der Waals surface area contributed by atoms with E-state index in [1.807, 2.05) is 31.2 Å². The molecule has 1 heterocycles. The van der Waals surface area contributed by atoms with Gasteiger partial charge in [0.05, 0.1) is 5.56 Å². The standard InChI is InChI=1S/C20H18N4O2/c1-13-4-3-5-18(10-13)24-20-21-11-16(12-22-20)19(26)23-17-8-6-15(7-9-17)14(2)25/h3-12H,1-2H3,(H,23,26)(H,21,22,24). The van der Waals surface area contributed by atoms with Crippen molar-refractivity contribution in [1.29, 1.82) is 0 Å². The molecule has 2 aromatic carbocycles. The molecule has 0 saturated heterocycles. The third-order valence-electron chi connectivity index (χ3n) is 3.74. The van der Waals surface area contributed by atoms with Crippen molar-refractivity contribution in [3.8, 4) is 0 Å². The van der Waals surface area contributed by atoms with Crippen molar-refractivity contribution in [2.45, 2.75) is 13.8 Å². The molecule has 0 aliphatic carbocycles. The number of benzene rings is 2. The highest BCUT2D eigenvalue weighted by Crippen LogP contribution is 2.15. The van der Waals surface area contributed by atoms with Gasteiger partial charge in [0.1, 0.15) is 0 Å². The van der Waals surface area contributed by atoms with E-state index in [9.17, 15) is 9.59 Å². The zero-order chi connectivity index (χ0) is 18.5. The number of anilines is 3. The van der Waals surface area contributed by atoms with Gasteiger partial charge in [0.25, 0.3) is 5.91 Å². The van der Waals surface area contributed by atoms with Crippen molar-refractivity contribution < 1.29 is 9.59 Å². The molecule has 130 valence electrons. The third-order valence-corrected chi connectivity index (χ3v) is 3.74. The van der Waals surface area contributed by atoms with Gasteiger partial charge in [0.2, 0.25) is 5.95 Å². The molecular formula is C20H18N4O2. The van der Waals surface area contributed by atoms with Crippen LogP contribution < -0.4 is 10.6 Å². The SMILES string of the molecule is CC(=O)c1ccc(NC(=O)c2cnc(Nc3cccc(C)c3)nc2)cc1. The molecule has 0 atom stereocenters. The monoisotopic (exact) mass is 346 g/mol. The first-order chi connectivity index (χ1) is 12.5. The fraction of sp³-hybridized carbons (Fsp3) is 0.100. The number of nitrogens with one attached hydrogen (secondary N) is 2. The second kappa shape index (κ2) is 7.57.